The van der Waals surface area contributed by atoms with Gasteiger partial charge in [0.25, 0.3) is 0 Å². The molecule has 0 saturated carbocycles. The van der Waals surface area contributed by atoms with Gasteiger partial charge in [0.2, 0.25) is 5.91 Å². The van der Waals surface area contributed by atoms with Gasteiger partial charge in [-0.05, 0) is 24.5 Å². The first-order valence-electron chi connectivity index (χ1n) is 9.57. The first-order chi connectivity index (χ1) is 14.7. The van der Waals surface area contributed by atoms with Gasteiger partial charge in [0, 0.05) is 19.3 Å². The number of carbonyl (C=O) groups excluding carboxylic acids is 1. The zero-order chi connectivity index (χ0) is 22.9. The van der Waals surface area contributed by atoms with E-state index in [1.54, 1.807) is 0 Å². The number of benzene rings is 1. The van der Waals surface area contributed by atoms with Gasteiger partial charge in [-0.1, -0.05) is 30.3 Å². The van der Waals surface area contributed by atoms with Crippen LogP contribution in [0.1, 0.15) is 29.8 Å². The van der Waals surface area contributed by atoms with E-state index in [0.29, 0.717) is 19.8 Å². The number of hydrogen-bond donors (Lipinski definition) is 2. The molecule has 1 unspecified atom stereocenters. The molecular weight excluding hydrogens is 419 g/mol. The summed E-state index contributed by atoms with van der Waals surface area (Å²) in [6.45, 7) is 4.28. The molecular formula is C20H24F3N3O5. The van der Waals surface area contributed by atoms with Gasteiger partial charge in [0.15, 0.2) is 0 Å². The van der Waals surface area contributed by atoms with Crippen molar-refractivity contribution in [3.63, 3.8) is 0 Å². The number of carboxylic acids is 1. The molecule has 0 saturated heterocycles. The average Bonchev–Trinajstić information content (AvgIpc) is 3.14. The Balaban J connectivity index is 0.000000423. The topological polar surface area (TPSA) is 103 Å². The lowest BCUT2D eigenvalue weighted by Crippen LogP contribution is -2.34. The second-order valence-electron chi connectivity index (χ2n) is 6.58. The van der Waals surface area contributed by atoms with E-state index in [1.165, 1.54) is 11.1 Å². The van der Waals surface area contributed by atoms with Crippen LogP contribution in [0.4, 0.5) is 13.2 Å². The van der Waals surface area contributed by atoms with Crippen LogP contribution in [0.15, 0.2) is 36.5 Å². The number of alkyl halides is 3. The van der Waals surface area contributed by atoms with Crippen LogP contribution >= 0.6 is 0 Å². The Labute approximate surface area is 177 Å². The molecule has 0 aliphatic carbocycles. The zero-order valence-electron chi connectivity index (χ0n) is 16.9. The zero-order valence-corrected chi connectivity index (χ0v) is 16.9. The third-order valence-electron chi connectivity index (χ3n) is 4.22. The molecule has 0 bridgehead atoms. The van der Waals surface area contributed by atoms with Gasteiger partial charge in [-0.2, -0.15) is 18.3 Å². The van der Waals surface area contributed by atoms with E-state index in [9.17, 15) is 18.0 Å². The lowest BCUT2D eigenvalue weighted by molar-refractivity contribution is -0.192. The van der Waals surface area contributed by atoms with E-state index in [1.807, 2.05) is 29.8 Å². The Kier molecular flexibility index (Phi) is 9.01. The van der Waals surface area contributed by atoms with Crippen LogP contribution in [-0.4, -0.2) is 59.3 Å². The molecule has 1 atom stereocenters. The maximum Gasteiger partial charge on any atom is 0.490 e. The fraction of sp³-hybridized carbons (Fsp3) is 0.450. The molecule has 2 aromatic rings. The Hall–Kier alpha value is -2.92. The molecule has 1 aromatic carbocycles. The molecule has 1 amide bonds. The lowest BCUT2D eigenvalue weighted by Gasteiger charge is -2.22. The molecule has 0 spiro atoms. The van der Waals surface area contributed by atoms with Crippen molar-refractivity contribution in [2.75, 3.05) is 26.4 Å². The fourth-order valence-electron chi connectivity index (χ4n) is 2.79. The Bertz CT molecular complexity index is 855. The lowest BCUT2D eigenvalue weighted by atomic mass is 10.1. The van der Waals surface area contributed by atoms with Crippen molar-refractivity contribution in [2.45, 2.75) is 32.2 Å². The second-order valence-corrected chi connectivity index (χ2v) is 6.58. The van der Waals surface area contributed by atoms with E-state index in [4.69, 9.17) is 19.4 Å². The van der Waals surface area contributed by atoms with Crippen molar-refractivity contribution in [2.24, 2.45) is 0 Å². The Morgan fingerprint density at radius 2 is 2.00 bits per heavy atom. The molecule has 1 aromatic heterocycles. The van der Waals surface area contributed by atoms with Gasteiger partial charge in [-0.3, -0.25) is 9.48 Å². The summed E-state index contributed by atoms with van der Waals surface area (Å²) in [5.74, 6) is -2.89. The van der Waals surface area contributed by atoms with E-state index in [2.05, 4.69) is 28.7 Å². The summed E-state index contributed by atoms with van der Waals surface area (Å²) in [7, 11) is 0. The number of fused-ring (bicyclic) bond motifs is 1. The van der Waals surface area contributed by atoms with E-state index >= 15 is 0 Å². The number of carbonyl (C=O) groups is 2. The van der Waals surface area contributed by atoms with Crippen molar-refractivity contribution < 1.29 is 37.3 Å². The number of ether oxygens (including phenoxy) is 2. The quantitative estimate of drug-likeness (QED) is 0.681. The normalized spacial score (nSPS) is 15.4. The summed E-state index contributed by atoms with van der Waals surface area (Å²) in [4.78, 5) is 20.6. The maximum absolute atomic E-state index is 11.7. The summed E-state index contributed by atoms with van der Waals surface area (Å²) in [5.41, 5.74) is 3.33. The van der Waals surface area contributed by atoms with Gasteiger partial charge in [-0.15, -0.1) is 0 Å². The van der Waals surface area contributed by atoms with Crippen molar-refractivity contribution >= 4 is 11.9 Å². The molecule has 0 fully saturated rings. The number of nitrogens with one attached hydrogen (secondary N) is 1. The molecule has 170 valence electrons. The molecule has 1 aliphatic heterocycles. The summed E-state index contributed by atoms with van der Waals surface area (Å²) in [5, 5.41) is 14.7. The molecule has 0 radical (unpaired) electrons. The first-order valence-corrected chi connectivity index (χ1v) is 9.57. The summed E-state index contributed by atoms with van der Waals surface area (Å²) in [6, 6.07) is 10.2. The van der Waals surface area contributed by atoms with Crippen molar-refractivity contribution in [3.05, 3.63) is 53.3 Å². The molecule has 2 N–H and O–H groups in total. The molecule has 8 nitrogen and oxygen atoms in total. The van der Waals surface area contributed by atoms with Crippen LogP contribution in [0.25, 0.3) is 0 Å². The maximum atomic E-state index is 11.7. The molecule has 2 heterocycles. The molecule has 3 rings (SSSR count). The van der Waals surface area contributed by atoms with Gasteiger partial charge < -0.3 is 19.9 Å². The van der Waals surface area contributed by atoms with E-state index in [-0.39, 0.29) is 18.6 Å². The van der Waals surface area contributed by atoms with E-state index in [0.717, 1.165) is 18.7 Å². The predicted octanol–water partition coefficient (Wildman–Crippen LogP) is 2.33. The number of amides is 1. The van der Waals surface area contributed by atoms with Gasteiger partial charge in [0.05, 0.1) is 18.8 Å². The average molecular weight is 443 g/mol. The smallest absolute Gasteiger partial charge is 0.475 e. The highest BCUT2D eigenvalue weighted by Crippen LogP contribution is 2.25. The predicted molar refractivity (Wildman–Crippen MR) is 103 cm³/mol. The highest BCUT2D eigenvalue weighted by atomic mass is 19.4. The van der Waals surface area contributed by atoms with Crippen LogP contribution in [0.2, 0.25) is 0 Å². The van der Waals surface area contributed by atoms with Gasteiger partial charge in [-0.25, -0.2) is 4.79 Å². The SMILES string of the molecule is CCOCC(=O)NCC1OCCc2cn(Cc3ccccc3)nc21.O=C(O)C(F)(F)F. The number of halogens is 3. The molecule has 1 aliphatic rings. The van der Waals surface area contributed by atoms with Crippen LogP contribution in [-0.2, 0) is 32.0 Å². The first kappa shape index (κ1) is 24.4. The number of rotatable bonds is 7. The van der Waals surface area contributed by atoms with Crippen LogP contribution < -0.4 is 5.32 Å². The molecule has 11 heteroatoms. The summed E-state index contributed by atoms with van der Waals surface area (Å²) in [6.07, 6.45) is -2.34. The fourth-order valence-corrected chi connectivity index (χ4v) is 2.79. The van der Waals surface area contributed by atoms with Crippen LogP contribution in [0.5, 0.6) is 0 Å². The number of aromatic nitrogens is 2. The standard InChI is InChI=1S/C18H23N3O3.C2HF3O2/c1-2-23-13-17(22)19-10-16-18-15(8-9-24-16)12-21(20-18)11-14-6-4-3-5-7-14;3-2(4,5)1(6)7/h3-7,12,16H,2,8-11,13H2,1H3,(H,19,22);(H,6,7). The number of carboxylic acid groups (broad SMARTS) is 1. The monoisotopic (exact) mass is 443 g/mol. The summed E-state index contributed by atoms with van der Waals surface area (Å²) >= 11 is 0. The van der Waals surface area contributed by atoms with Crippen molar-refractivity contribution in [1.29, 1.82) is 0 Å². The minimum Gasteiger partial charge on any atom is -0.475 e. The largest absolute Gasteiger partial charge is 0.490 e. The number of aliphatic carboxylic acids is 1. The minimum atomic E-state index is -5.08. The van der Waals surface area contributed by atoms with Gasteiger partial charge in [0.1, 0.15) is 12.7 Å². The highest BCUT2D eigenvalue weighted by molar-refractivity contribution is 5.77. The Morgan fingerprint density at radius 3 is 2.61 bits per heavy atom. The van der Waals surface area contributed by atoms with Crippen LogP contribution in [0, 0.1) is 0 Å². The Morgan fingerprint density at radius 1 is 1.32 bits per heavy atom. The highest BCUT2D eigenvalue weighted by Gasteiger charge is 2.38. The minimum absolute atomic E-state index is 0.0819. The van der Waals surface area contributed by atoms with Crippen molar-refractivity contribution in [3.8, 4) is 0 Å². The molecule has 31 heavy (non-hydrogen) atoms. The van der Waals surface area contributed by atoms with Crippen LogP contribution in [0.3, 0.4) is 0 Å². The number of hydrogen-bond acceptors (Lipinski definition) is 5. The van der Waals surface area contributed by atoms with Crippen molar-refractivity contribution in [1.82, 2.24) is 15.1 Å². The second kappa shape index (κ2) is 11.5. The van der Waals surface area contributed by atoms with E-state index < -0.39 is 12.1 Å². The third-order valence-corrected chi connectivity index (χ3v) is 4.22. The number of nitrogens with zero attached hydrogens (tertiary/aromatic N) is 2. The third kappa shape index (κ3) is 8.02. The summed E-state index contributed by atoms with van der Waals surface area (Å²) < 4.78 is 44.6. The van der Waals surface area contributed by atoms with Gasteiger partial charge >= 0.3 is 12.1 Å².